The highest BCUT2D eigenvalue weighted by Crippen LogP contribution is 2.07. The third kappa shape index (κ3) is 4.22. The maximum atomic E-state index is 11.4. The van der Waals surface area contributed by atoms with Crippen LogP contribution in [0.2, 0.25) is 0 Å². The second kappa shape index (κ2) is 6.36. The van der Waals surface area contributed by atoms with Gasteiger partial charge in [-0.2, -0.15) is 0 Å². The topological polar surface area (TPSA) is 17.1 Å². The predicted octanol–water partition coefficient (Wildman–Crippen LogP) is 3.39. The van der Waals surface area contributed by atoms with Crippen molar-refractivity contribution in [2.24, 2.45) is 0 Å². The zero-order valence-corrected chi connectivity index (χ0v) is 8.70. The number of Topliss-reactive ketones (excluding diaryl/α,β-unsaturated/α-hetero) is 1. The summed E-state index contributed by atoms with van der Waals surface area (Å²) in [6.45, 7) is 2.14. The molecule has 0 aliphatic heterocycles. The van der Waals surface area contributed by atoms with Gasteiger partial charge in [0.1, 0.15) is 5.78 Å². The number of hydrogen-bond acceptors (Lipinski definition) is 1. The fourth-order valence-corrected chi connectivity index (χ4v) is 1.36. The van der Waals surface area contributed by atoms with E-state index in [0.717, 1.165) is 18.4 Å². The fraction of sp³-hybridized carbons (Fsp3) is 0.385. The van der Waals surface area contributed by atoms with Crippen LogP contribution in [0.25, 0.3) is 0 Å². The monoisotopic (exact) mass is 189 g/mol. The van der Waals surface area contributed by atoms with E-state index in [0.29, 0.717) is 6.42 Å². The van der Waals surface area contributed by atoms with Crippen LogP contribution in [-0.2, 0) is 4.79 Å². The van der Waals surface area contributed by atoms with Crippen LogP contribution in [0, 0.1) is 6.42 Å². The third-order valence-corrected chi connectivity index (χ3v) is 2.15. The van der Waals surface area contributed by atoms with Gasteiger partial charge in [0, 0.05) is 6.42 Å². The molecule has 0 aromatic heterocycles. The van der Waals surface area contributed by atoms with Crippen molar-refractivity contribution >= 4 is 5.78 Å². The average Bonchev–Trinajstić information content (AvgIpc) is 2.20. The second-order valence-corrected chi connectivity index (χ2v) is 3.48. The standard InChI is InChI=1S/C13H17O/c1-2-3-5-10-13(14)11-12-8-6-4-7-9-12/h4,6-9,11H,2-3,5,10H2,1H3. The third-order valence-electron chi connectivity index (χ3n) is 2.15. The van der Waals surface area contributed by atoms with Gasteiger partial charge in [0.15, 0.2) is 0 Å². The Morgan fingerprint density at radius 3 is 2.57 bits per heavy atom. The molecule has 0 spiro atoms. The second-order valence-electron chi connectivity index (χ2n) is 3.48. The lowest BCUT2D eigenvalue weighted by atomic mass is 10.0. The van der Waals surface area contributed by atoms with E-state index in [4.69, 9.17) is 0 Å². The number of hydrogen-bond donors (Lipinski definition) is 0. The number of unbranched alkanes of at least 4 members (excludes halogenated alkanes) is 2. The molecule has 0 unspecified atom stereocenters. The van der Waals surface area contributed by atoms with Gasteiger partial charge in [-0.15, -0.1) is 0 Å². The molecule has 0 saturated carbocycles. The first-order valence-corrected chi connectivity index (χ1v) is 5.25. The van der Waals surface area contributed by atoms with Gasteiger partial charge in [0.25, 0.3) is 0 Å². The molecular weight excluding hydrogens is 172 g/mol. The summed E-state index contributed by atoms with van der Waals surface area (Å²) in [6, 6.07) is 9.77. The Bertz CT molecular complexity index is 264. The number of carbonyl (C=O) groups excluding carboxylic acids is 1. The summed E-state index contributed by atoms with van der Waals surface area (Å²) in [5, 5.41) is 0. The zero-order valence-electron chi connectivity index (χ0n) is 8.70. The Morgan fingerprint density at radius 2 is 1.93 bits per heavy atom. The molecule has 0 bridgehead atoms. The first kappa shape index (κ1) is 11.0. The Kier molecular flexibility index (Phi) is 4.98. The van der Waals surface area contributed by atoms with Gasteiger partial charge < -0.3 is 0 Å². The SMILES string of the molecule is CCCCCC(=O)[CH]c1ccccc1. The van der Waals surface area contributed by atoms with Crippen molar-refractivity contribution in [2.75, 3.05) is 0 Å². The van der Waals surface area contributed by atoms with Crippen LogP contribution in [0.1, 0.15) is 38.2 Å². The van der Waals surface area contributed by atoms with Crippen LogP contribution in [0.3, 0.4) is 0 Å². The summed E-state index contributed by atoms with van der Waals surface area (Å²) < 4.78 is 0. The Morgan fingerprint density at radius 1 is 1.21 bits per heavy atom. The molecule has 75 valence electrons. The lowest BCUT2D eigenvalue weighted by Crippen LogP contribution is -1.99. The van der Waals surface area contributed by atoms with Crippen LogP contribution < -0.4 is 0 Å². The van der Waals surface area contributed by atoms with Crippen LogP contribution in [0.4, 0.5) is 0 Å². The summed E-state index contributed by atoms with van der Waals surface area (Å²) in [5.74, 6) is 0.240. The van der Waals surface area contributed by atoms with Crippen LogP contribution in [0.15, 0.2) is 30.3 Å². The van der Waals surface area contributed by atoms with Crippen molar-refractivity contribution in [3.63, 3.8) is 0 Å². The first-order chi connectivity index (χ1) is 6.83. The zero-order chi connectivity index (χ0) is 10.2. The fourth-order valence-electron chi connectivity index (χ4n) is 1.36. The highest BCUT2D eigenvalue weighted by atomic mass is 16.1. The van der Waals surface area contributed by atoms with Crippen molar-refractivity contribution in [2.45, 2.75) is 32.6 Å². The van der Waals surface area contributed by atoms with Crippen molar-refractivity contribution in [1.29, 1.82) is 0 Å². The van der Waals surface area contributed by atoms with E-state index in [1.54, 1.807) is 6.42 Å². The minimum absolute atomic E-state index is 0.240. The molecule has 1 nitrogen and oxygen atoms in total. The van der Waals surface area contributed by atoms with E-state index in [9.17, 15) is 4.79 Å². The normalized spacial score (nSPS) is 10.1. The van der Waals surface area contributed by atoms with Crippen molar-refractivity contribution < 1.29 is 4.79 Å². The number of ketones is 1. The van der Waals surface area contributed by atoms with E-state index >= 15 is 0 Å². The smallest absolute Gasteiger partial charge is 0.141 e. The van der Waals surface area contributed by atoms with Crippen molar-refractivity contribution in [1.82, 2.24) is 0 Å². The van der Waals surface area contributed by atoms with Crippen LogP contribution >= 0.6 is 0 Å². The predicted molar refractivity (Wildman–Crippen MR) is 59.0 cm³/mol. The lowest BCUT2D eigenvalue weighted by molar-refractivity contribution is -0.115. The van der Waals surface area contributed by atoms with Gasteiger partial charge in [0.2, 0.25) is 0 Å². The van der Waals surface area contributed by atoms with E-state index in [1.165, 1.54) is 6.42 Å². The summed E-state index contributed by atoms with van der Waals surface area (Å²) in [4.78, 5) is 11.4. The highest BCUT2D eigenvalue weighted by molar-refractivity contribution is 5.90. The summed E-state index contributed by atoms with van der Waals surface area (Å²) >= 11 is 0. The molecule has 1 aromatic rings. The average molecular weight is 189 g/mol. The minimum Gasteiger partial charge on any atom is -0.299 e. The van der Waals surface area contributed by atoms with Crippen LogP contribution in [0.5, 0.6) is 0 Å². The van der Waals surface area contributed by atoms with Gasteiger partial charge in [-0.1, -0.05) is 50.1 Å². The summed E-state index contributed by atoms with van der Waals surface area (Å²) in [5.41, 5.74) is 1.01. The molecular formula is C13H17O. The van der Waals surface area contributed by atoms with Crippen molar-refractivity contribution in [3.05, 3.63) is 42.3 Å². The Hall–Kier alpha value is -1.11. The summed E-state index contributed by atoms with van der Waals surface area (Å²) in [7, 11) is 0. The Labute approximate surface area is 86.1 Å². The summed E-state index contributed by atoms with van der Waals surface area (Å²) in [6.07, 6.45) is 5.74. The molecule has 1 heteroatoms. The molecule has 0 fully saturated rings. The largest absolute Gasteiger partial charge is 0.299 e. The molecule has 0 aliphatic rings. The maximum Gasteiger partial charge on any atom is 0.141 e. The minimum atomic E-state index is 0.240. The number of carbonyl (C=O) groups is 1. The Balaban J connectivity index is 2.27. The molecule has 0 N–H and O–H groups in total. The van der Waals surface area contributed by atoms with Gasteiger partial charge in [-0.3, -0.25) is 4.79 Å². The molecule has 0 heterocycles. The van der Waals surface area contributed by atoms with Crippen molar-refractivity contribution in [3.8, 4) is 0 Å². The van der Waals surface area contributed by atoms with Gasteiger partial charge in [-0.05, 0) is 12.0 Å². The van der Waals surface area contributed by atoms with E-state index in [-0.39, 0.29) is 5.78 Å². The molecule has 14 heavy (non-hydrogen) atoms. The molecule has 0 saturated heterocycles. The molecule has 1 rings (SSSR count). The van der Waals surface area contributed by atoms with Gasteiger partial charge in [0.05, 0.1) is 6.42 Å². The number of benzene rings is 1. The van der Waals surface area contributed by atoms with E-state index in [1.807, 2.05) is 30.3 Å². The molecule has 0 atom stereocenters. The van der Waals surface area contributed by atoms with Gasteiger partial charge in [-0.25, -0.2) is 0 Å². The van der Waals surface area contributed by atoms with E-state index < -0.39 is 0 Å². The maximum absolute atomic E-state index is 11.4. The molecule has 0 aliphatic carbocycles. The van der Waals surface area contributed by atoms with Crippen LogP contribution in [-0.4, -0.2) is 5.78 Å². The lowest BCUT2D eigenvalue weighted by Gasteiger charge is -1.99. The van der Waals surface area contributed by atoms with Gasteiger partial charge >= 0.3 is 0 Å². The molecule has 0 amide bonds. The quantitative estimate of drug-likeness (QED) is 0.627. The van der Waals surface area contributed by atoms with E-state index in [2.05, 4.69) is 6.92 Å². The first-order valence-electron chi connectivity index (χ1n) is 5.25. The molecule has 1 aromatic carbocycles. The molecule has 1 radical (unpaired) electrons. The number of rotatable bonds is 6. The highest BCUT2D eigenvalue weighted by Gasteiger charge is 2.02.